The molecule has 0 aliphatic carbocycles. The molecule has 0 spiro atoms. The van der Waals surface area contributed by atoms with Gasteiger partial charge in [-0.25, -0.2) is 0 Å². The van der Waals surface area contributed by atoms with Crippen molar-refractivity contribution in [1.82, 2.24) is 0 Å². The van der Waals surface area contributed by atoms with Crippen LogP contribution in [0.15, 0.2) is 0 Å². The van der Waals surface area contributed by atoms with Gasteiger partial charge >= 0.3 is 44.7 Å². The van der Waals surface area contributed by atoms with Crippen LogP contribution in [0.4, 0.5) is 0 Å². The van der Waals surface area contributed by atoms with Gasteiger partial charge < -0.3 is 0 Å². The fourth-order valence-electron chi connectivity index (χ4n) is 0. The number of hydrogen-bond donors (Lipinski definition) is 0. The minimum atomic E-state index is 0.202. The van der Waals surface area contributed by atoms with Gasteiger partial charge in [-0.15, -0.1) is 0 Å². The molecule has 0 nitrogen and oxygen atoms in total. The summed E-state index contributed by atoms with van der Waals surface area (Å²) < 4.78 is 3.05. The first-order valence-electron chi connectivity index (χ1n) is 0.858. The molecule has 2 heteroatoms. The van der Waals surface area contributed by atoms with Crippen molar-refractivity contribution in [3.63, 3.8) is 0 Å². The second-order valence-corrected chi connectivity index (χ2v) is 4.27. The van der Waals surface area contributed by atoms with Crippen molar-refractivity contribution in [1.29, 1.82) is 0 Å². The normalized spacial score (nSPS) is 4.50. The van der Waals surface area contributed by atoms with E-state index in [0.717, 1.165) is 0 Å². The summed E-state index contributed by atoms with van der Waals surface area (Å²) in [7, 11) is 0. The van der Waals surface area contributed by atoms with Crippen LogP contribution in [0, 0.1) is 4.20 Å². The van der Waals surface area contributed by atoms with Gasteiger partial charge in [0.1, 0.15) is 0 Å². The van der Waals surface area contributed by atoms with Gasteiger partial charge in [-0.05, 0) is 0 Å². The van der Waals surface area contributed by atoms with E-state index in [0.29, 0.717) is 0 Å². The Morgan fingerprint density at radius 3 is 2.25 bits per heavy atom. The van der Waals surface area contributed by atoms with E-state index in [4.69, 9.17) is 0 Å². The molecule has 0 aliphatic rings. The fraction of sp³-hybridized carbons (Fsp3) is 0.500. The Hall–Kier alpha value is 1.20. The minimum absolute atomic E-state index is 0.202. The predicted molar refractivity (Wildman–Crippen MR) is 23.6 cm³/mol. The Bertz CT molecular complexity index is 42.8. The third-order valence-corrected chi connectivity index (χ3v) is 3.06. The van der Waals surface area contributed by atoms with E-state index in [1.807, 2.05) is 6.92 Å². The van der Waals surface area contributed by atoms with Crippen LogP contribution in [0.25, 0.3) is 0 Å². The summed E-state index contributed by atoms with van der Waals surface area (Å²) in [5, 5.41) is 0. The first-order valence-corrected chi connectivity index (χ1v) is 7.83. The van der Waals surface area contributed by atoms with Crippen LogP contribution in [-0.2, 0) is 14.2 Å². The molecule has 0 aromatic heterocycles. The summed E-state index contributed by atoms with van der Waals surface area (Å²) in [5.41, 5.74) is 0. The topological polar surface area (TPSA) is 0 Å². The van der Waals surface area contributed by atoms with Crippen molar-refractivity contribution in [2.24, 2.45) is 0 Å². The summed E-state index contributed by atoms with van der Waals surface area (Å²) in [6, 6.07) is 0. The SMILES string of the molecule is C[C]#[Mo][I]. The second-order valence-electron chi connectivity index (χ2n) is 0.281. The monoisotopic (exact) mass is 252 g/mol. The zero-order valence-electron chi connectivity index (χ0n) is 2.29. The number of hydrogen-bond acceptors (Lipinski definition) is 0. The van der Waals surface area contributed by atoms with Gasteiger partial charge in [-0.2, -0.15) is 0 Å². The molecule has 0 rings (SSSR count). The molecule has 0 heterocycles. The van der Waals surface area contributed by atoms with Crippen molar-refractivity contribution in [3.8, 4) is 4.20 Å². The van der Waals surface area contributed by atoms with Gasteiger partial charge in [-0.1, -0.05) is 0 Å². The molecule has 0 saturated carbocycles. The van der Waals surface area contributed by atoms with E-state index < -0.39 is 0 Å². The maximum absolute atomic E-state index is 3.05. The van der Waals surface area contributed by atoms with Gasteiger partial charge in [0.15, 0.2) is 0 Å². The van der Waals surface area contributed by atoms with Crippen LogP contribution in [0.1, 0.15) is 6.92 Å². The molecule has 24 valence electrons. The second kappa shape index (κ2) is 4.20. The number of rotatable bonds is 0. The molecule has 0 aliphatic heterocycles. The third kappa shape index (κ3) is 3.20. The van der Waals surface area contributed by atoms with E-state index in [9.17, 15) is 0 Å². The Morgan fingerprint density at radius 2 is 2.25 bits per heavy atom. The fourth-order valence-corrected chi connectivity index (χ4v) is 0. The molecule has 0 fully saturated rings. The molecule has 4 heavy (non-hydrogen) atoms. The molecular weight excluding hydrogens is 247 g/mol. The van der Waals surface area contributed by atoms with Crippen molar-refractivity contribution in [2.45, 2.75) is 6.92 Å². The summed E-state index contributed by atoms with van der Waals surface area (Å²) >= 11 is 2.57. The molecule has 0 atom stereocenters. The van der Waals surface area contributed by atoms with Crippen LogP contribution in [-0.4, -0.2) is 0 Å². The van der Waals surface area contributed by atoms with Gasteiger partial charge in [0, 0.05) is 0 Å². The quantitative estimate of drug-likeness (QED) is 0.450. The van der Waals surface area contributed by atoms with Gasteiger partial charge in [0.05, 0.1) is 0 Å². The molecule has 0 bridgehead atoms. The zero-order chi connectivity index (χ0) is 3.41. The third-order valence-electron chi connectivity index (χ3n) is 0.0772. The van der Waals surface area contributed by atoms with Crippen LogP contribution in [0.5, 0.6) is 0 Å². The maximum atomic E-state index is 3.05. The van der Waals surface area contributed by atoms with E-state index in [1.54, 1.807) is 0 Å². The molecule has 0 radical (unpaired) electrons. The molecule has 0 aromatic carbocycles. The summed E-state index contributed by atoms with van der Waals surface area (Å²) in [6.07, 6.45) is 0. The predicted octanol–water partition coefficient (Wildman–Crippen LogP) is 1.40. The molecule has 0 unspecified atom stereocenters. The van der Waals surface area contributed by atoms with E-state index in [1.165, 1.54) is 0 Å². The van der Waals surface area contributed by atoms with Gasteiger partial charge in [-0.3, -0.25) is 0 Å². The summed E-state index contributed by atoms with van der Waals surface area (Å²) in [5.74, 6) is 0. The van der Waals surface area contributed by atoms with Crippen molar-refractivity contribution in [3.05, 3.63) is 0 Å². The van der Waals surface area contributed by atoms with Gasteiger partial charge in [0.2, 0.25) is 0 Å². The number of halogens is 1. The summed E-state index contributed by atoms with van der Waals surface area (Å²) in [4.78, 5) is 0. The van der Waals surface area contributed by atoms with Crippen molar-refractivity contribution in [2.75, 3.05) is 0 Å². The Balaban J connectivity index is 2.83. The van der Waals surface area contributed by atoms with Crippen molar-refractivity contribution >= 4 is 19.4 Å². The Morgan fingerprint density at radius 1 is 2.00 bits per heavy atom. The Labute approximate surface area is 44.4 Å². The first-order chi connectivity index (χ1) is 1.91. The molecule has 0 saturated heterocycles. The molecular formula is C2H3IMo. The van der Waals surface area contributed by atoms with Crippen LogP contribution in [0.2, 0.25) is 0 Å². The molecule has 0 aromatic rings. The van der Waals surface area contributed by atoms with Crippen LogP contribution >= 0.6 is 19.4 Å². The van der Waals surface area contributed by atoms with Gasteiger partial charge in [0.25, 0.3) is 0 Å². The van der Waals surface area contributed by atoms with Crippen LogP contribution in [0.3, 0.4) is 0 Å². The average molecular weight is 250 g/mol. The zero-order valence-corrected chi connectivity index (χ0v) is 6.45. The summed E-state index contributed by atoms with van der Waals surface area (Å²) in [6.45, 7) is 1.98. The van der Waals surface area contributed by atoms with E-state index in [-0.39, 0.29) is 14.2 Å². The van der Waals surface area contributed by atoms with Crippen LogP contribution < -0.4 is 0 Å². The molecule has 0 N–H and O–H groups in total. The first kappa shape index (κ1) is 5.20. The van der Waals surface area contributed by atoms with E-state index >= 15 is 0 Å². The molecule has 0 amide bonds. The van der Waals surface area contributed by atoms with Crippen molar-refractivity contribution < 1.29 is 14.2 Å². The Kier molecular flexibility index (Phi) is 5.46. The average Bonchev–Trinajstić information content (AvgIpc) is 1.37. The van der Waals surface area contributed by atoms with E-state index in [2.05, 4.69) is 23.6 Å². The standard InChI is InChI=1S/C2H3.HI.Mo/c1-2;;/h1H3;1H;/q;;+1/p-1.